The van der Waals surface area contributed by atoms with Gasteiger partial charge in [0.1, 0.15) is 18.3 Å². The average molecular weight is 590 g/mol. The van der Waals surface area contributed by atoms with E-state index >= 15 is 0 Å². The summed E-state index contributed by atoms with van der Waals surface area (Å²) in [6, 6.07) is 13.9. The summed E-state index contributed by atoms with van der Waals surface area (Å²) in [5, 5.41) is 5.24. The van der Waals surface area contributed by atoms with Crippen molar-refractivity contribution < 1.29 is 23.8 Å². The number of methoxy groups -OCH3 is 1. The molecule has 1 aliphatic rings. The van der Waals surface area contributed by atoms with Crippen LogP contribution in [0.3, 0.4) is 0 Å². The molecule has 0 aliphatic carbocycles. The maximum Gasteiger partial charge on any atom is 0.254 e. The quantitative estimate of drug-likeness (QED) is 0.161. The molecule has 0 unspecified atom stereocenters. The number of carbonyl (C=O) groups is 2. The van der Waals surface area contributed by atoms with Gasteiger partial charge in [0.15, 0.2) is 0 Å². The van der Waals surface area contributed by atoms with E-state index in [9.17, 15) is 9.59 Å². The maximum absolute atomic E-state index is 14.0. The van der Waals surface area contributed by atoms with Crippen molar-refractivity contribution in [2.24, 2.45) is 0 Å². The van der Waals surface area contributed by atoms with Gasteiger partial charge in [-0.15, -0.1) is 0 Å². The first-order valence-electron chi connectivity index (χ1n) is 14.2. The SMILES string of the molecule is COc1ccc(-n2ncc(C(=O)c3cc4cc(C(=O)N5CCOCC5)ccc4n3COCC[Si](C)(C)C)c2N)c(C)c1. The van der Waals surface area contributed by atoms with Gasteiger partial charge in [0.05, 0.1) is 49.0 Å². The highest BCUT2D eigenvalue weighted by Crippen LogP contribution is 2.28. The number of anilines is 1. The lowest BCUT2D eigenvalue weighted by molar-refractivity contribution is 0.0303. The summed E-state index contributed by atoms with van der Waals surface area (Å²) in [6.07, 6.45) is 1.50. The second-order valence-electron chi connectivity index (χ2n) is 11.8. The second-order valence-corrected chi connectivity index (χ2v) is 17.4. The third-order valence-electron chi connectivity index (χ3n) is 7.58. The Balaban J connectivity index is 1.50. The number of nitrogen functional groups attached to an aromatic ring is 1. The molecule has 10 nitrogen and oxygen atoms in total. The van der Waals surface area contributed by atoms with E-state index in [1.807, 2.05) is 54.0 Å². The van der Waals surface area contributed by atoms with Crippen LogP contribution >= 0.6 is 0 Å². The molecule has 0 atom stereocenters. The Morgan fingerprint density at radius 2 is 1.83 bits per heavy atom. The molecule has 1 fully saturated rings. The summed E-state index contributed by atoms with van der Waals surface area (Å²) in [4.78, 5) is 29.0. The molecule has 1 aliphatic heterocycles. The van der Waals surface area contributed by atoms with E-state index in [0.717, 1.165) is 33.9 Å². The number of ether oxygens (including phenoxy) is 3. The molecule has 3 heterocycles. The third-order valence-corrected chi connectivity index (χ3v) is 9.28. The zero-order valence-electron chi connectivity index (χ0n) is 25.0. The Kier molecular flexibility index (Phi) is 8.53. The minimum Gasteiger partial charge on any atom is -0.497 e. The summed E-state index contributed by atoms with van der Waals surface area (Å²) >= 11 is 0. The number of benzene rings is 2. The third kappa shape index (κ3) is 6.13. The van der Waals surface area contributed by atoms with Crippen LogP contribution in [0.25, 0.3) is 16.6 Å². The molecule has 0 saturated carbocycles. The molecule has 1 saturated heterocycles. The van der Waals surface area contributed by atoms with E-state index in [-0.39, 0.29) is 24.2 Å². The molecular weight excluding hydrogens is 550 g/mol. The van der Waals surface area contributed by atoms with Crippen molar-refractivity contribution in [1.29, 1.82) is 0 Å². The molecule has 2 aromatic heterocycles. The number of nitrogens with two attached hydrogens (primary N) is 1. The standard InChI is InChI=1S/C31H39N5O5Si/c1-21-16-24(39-2)7-9-26(21)36-30(32)25(19-33-36)29(37)28-18-23-17-22(31(38)34-10-12-40-13-11-34)6-8-27(23)35(28)20-41-14-15-42(3,4)5/h6-9,16-19H,10-15,20,32H2,1-5H3. The number of ketones is 1. The monoisotopic (exact) mass is 589 g/mol. The fraction of sp³-hybridized carbons (Fsp3) is 0.387. The Bertz CT molecular complexity index is 1610. The van der Waals surface area contributed by atoms with Gasteiger partial charge in [0, 0.05) is 38.7 Å². The summed E-state index contributed by atoms with van der Waals surface area (Å²) < 4.78 is 20.2. The van der Waals surface area contributed by atoms with E-state index < -0.39 is 8.07 Å². The van der Waals surface area contributed by atoms with E-state index in [1.165, 1.54) is 6.20 Å². The molecular formula is C31H39N5O5Si. The highest BCUT2D eigenvalue weighted by molar-refractivity contribution is 6.76. The molecule has 0 bridgehead atoms. The number of hydrogen-bond acceptors (Lipinski definition) is 7. The smallest absolute Gasteiger partial charge is 0.254 e. The van der Waals surface area contributed by atoms with Gasteiger partial charge >= 0.3 is 0 Å². The van der Waals surface area contributed by atoms with Crippen LogP contribution in [0.2, 0.25) is 25.7 Å². The number of aromatic nitrogens is 3. The molecule has 2 N–H and O–H groups in total. The van der Waals surface area contributed by atoms with Crippen LogP contribution in [0, 0.1) is 6.92 Å². The summed E-state index contributed by atoms with van der Waals surface area (Å²) in [5.74, 6) is 0.653. The molecule has 5 rings (SSSR count). The number of rotatable bonds is 10. The largest absolute Gasteiger partial charge is 0.497 e. The Morgan fingerprint density at radius 1 is 1.07 bits per heavy atom. The first-order chi connectivity index (χ1) is 20.1. The lowest BCUT2D eigenvalue weighted by Crippen LogP contribution is -2.40. The molecule has 2 aromatic carbocycles. The van der Waals surface area contributed by atoms with Gasteiger partial charge in [-0.1, -0.05) is 19.6 Å². The zero-order valence-corrected chi connectivity index (χ0v) is 26.0. The molecule has 0 radical (unpaired) electrons. The first-order valence-corrected chi connectivity index (χ1v) is 17.9. The Morgan fingerprint density at radius 3 is 2.52 bits per heavy atom. The van der Waals surface area contributed by atoms with Crippen molar-refractivity contribution in [1.82, 2.24) is 19.2 Å². The highest BCUT2D eigenvalue weighted by Gasteiger charge is 2.25. The van der Waals surface area contributed by atoms with E-state index in [0.29, 0.717) is 49.7 Å². The van der Waals surface area contributed by atoms with Gasteiger partial charge in [0.2, 0.25) is 5.78 Å². The first kappa shape index (κ1) is 29.6. The topological polar surface area (TPSA) is 114 Å². The van der Waals surface area contributed by atoms with Crippen LogP contribution in [0.4, 0.5) is 5.82 Å². The van der Waals surface area contributed by atoms with Crippen molar-refractivity contribution in [3.8, 4) is 11.4 Å². The van der Waals surface area contributed by atoms with E-state index in [2.05, 4.69) is 24.7 Å². The predicted octanol–water partition coefficient (Wildman–Crippen LogP) is 4.74. The van der Waals surface area contributed by atoms with Crippen LogP contribution in [0.15, 0.2) is 48.7 Å². The van der Waals surface area contributed by atoms with E-state index in [1.54, 1.807) is 16.7 Å². The minimum atomic E-state index is -1.29. The average Bonchev–Trinajstić information content (AvgIpc) is 3.54. The number of carbonyl (C=O) groups excluding carboxylic acids is 2. The molecule has 11 heteroatoms. The predicted molar refractivity (Wildman–Crippen MR) is 165 cm³/mol. The number of amides is 1. The van der Waals surface area contributed by atoms with Crippen molar-refractivity contribution in [3.05, 3.63) is 71.0 Å². The lowest BCUT2D eigenvalue weighted by atomic mass is 10.1. The lowest BCUT2D eigenvalue weighted by Gasteiger charge is -2.26. The van der Waals surface area contributed by atoms with Crippen molar-refractivity contribution in [3.63, 3.8) is 0 Å². The maximum atomic E-state index is 14.0. The van der Waals surface area contributed by atoms with Crippen LogP contribution in [-0.2, 0) is 16.2 Å². The molecule has 42 heavy (non-hydrogen) atoms. The number of morpholine rings is 1. The molecule has 1 amide bonds. The number of fused-ring (bicyclic) bond motifs is 1. The van der Waals surface area contributed by atoms with E-state index in [4.69, 9.17) is 19.9 Å². The second kappa shape index (κ2) is 12.1. The van der Waals surface area contributed by atoms with Crippen molar-refractivity contribution in [2.45, 2.75) is 39.3 Å². The zero-order chi connectivity index (χ0) is 30.0. The van der Waals surface area contributed by atoms with Crippen LogP contribution in [-0.4, -0.2) is 79.0 Å². The van der Waals surface area contributed by atoms with Gasteiger partial charge in [0.25, 0.3) is 5.91 Å². The number of hydrogen-bond donors (Lipinski definition) is 1. The summed E-state index contributed by atoms with van der Waals surface area (Å²) in [7, 11) is 0.321. The Hall–Kier alpha value is -3.93. The normalized spacial score (nSPS) is 14.0. The van der Waals surface area contributed by atoms with Crippen LogP contribution < -0.4 is 10.5 Å². The van der Waals surface area contributed by atoms with Gasteiger partial charge < -0.3 is 29.4 Å². The van der Waals surface area contributed by atoms with Crippen molar-refractivity contribution in [2.75, 3.05) is 45.8 Å². The summed E-state index contributed by atoms with van der Waals surface area (Å²) in [6.45, 7) is 11.8. The van der Waals surface area contributed by atoms with Crippen LogP contribution in [0.1, 0.15) is 32.0 Å². The fourth-order valence-electron chi connectivity index (χ4n) is 5.07. The highest BCUT2D eigenvalue weighted by atomic mass is 28.3. The molecule has 0 spiro atoms. The molecule has 4 aromatic rings. The number of aryl methyl sites for hydroxylation is 1. The van der Waals surface area contributed by atoms with Gasteiger partial charge in [-0.3, -0.25) is 9.59 Å². The Labute approximate surface area is 247 Å². The minimum absolute atomic E-state index is 0.0485. The van der Waals surface area contributed by atoms with Gasteiger partial charge in [-0.05, 0) is 61.0 Å². The van der Waals surface area contributed by atoms with Gasteiger partial charge in [-0.25, -0.2) is 4.68 Å². The summed E-state index contributed by atoms with van der Waals surface area (Å²) in [5.41, 5.74) is 10.3. The van der Waals surface area contributed by atoms with Gasteiger partial charge in [-0.2, -0.15) is 5.10 Å². The number of nitrogens with zero attached hydrogens (tertiary/aromatic N) is 4. The molecule has 222 valence electrons. The van der Waals surface area contributed by atoms with Crippen LogP contribution in [0.5, 0.6) is 5.75 Å². The fourth-order valence-corrected chi connectivity index (χ4v) is 5.83. The van der Waals surface area contributed by atoms with Crippen molar-refractivity contribution >= 4 is 36.5 Å².